The van der Waals surface area contributed by atoms with Crippen molar-refractivity contribution in [1.82, 2.24) is 37.9 Å². The molecule has 2 atom stereocenters. The molecule has 8 heteroatoms. The molecule has 2 unspecified atom stereocenters. The summed E-state index contributed by atoms with van der Waals surface area (Å²) in [5, 5.41) is 1.70. The van der Waals surface area contributed by atoms with E-state index in [2.05, 4.69) is 37.8 Å². The molecular formula is C4H10N8. The molecule has 0 aromatic rings. The van der Waals surface area contributed by atoms with Crippen LogP contribution >= 0.6 is 0 Å². The van der Waals surface area contributed by atoms with E-state index in [-0.39, 0.29) is 12.2 Å². The molecule has 2 saturated heterocycles. The van der Waals surface area contributed by atoms with Crippen LogP contribution in [-0.4, -0.2) is 29.8 Å². The van der Waals surface area contributed by atoms with Crippen molar-refractivity contribution in [3.05, 3.63) is 0 Å². The third-order valence-electron chi connectivity index (χ3n) is 2.06. The highest BCUT2D eigenvalue weighted by Gasteiger charge is 2.35. The maximum atomic E-state index is 4.42. The maximum absolute atomic E-state index is 4.42. The summed E-state index contributed by atoms with van der Waals surface area (Å²) in [7, 11) is 0. The zero-order chi connectivity index (χ0) is 7.97. The van der Waals surface area contributed by atoms with Crippen molar-refractivity contribution in [2.75, 3.05) is 6.54 Å². The molecule has 3 aliphatic heterocycles. The Morgan fingerprint density at radius 2 is 2.50 bits per heavy atom. The van der Waals surface area contributed by atoms with Crippen molar-refractivity contribution in [2.24, 2.45) is 4.99 Å². The average molecular weight is 170 g/mol. The van der Waals surface area contributed by atoms with Gasteiger partial charge in [-0.25, -0.2) is 10.4 Å². The summed E-state index contributed by atoms with van der Waals surface area (Å²) in [5.74, 6) is 0.766. The molecule has 8 nitrogen and oxygen atoms in total. The summed E-state index contributed by atoms with van der Waals surface area (Å²) in [5.41, 5.74) is 17.7. The van der Waals surface area contributed by atoms with Gasteiger partial charge in [-0.15, -0.1) is 11.1 Å². The largest absolute Gasteiger partial charge is 0.274 e. The fourth-order valence-corrected chi connectivity index (χ4v) is 1.45. The quantitative estimate of drug-likeness (QED) is 0.225. The Morgan fingerprint density at radius 1 is 1.50 bits per heavy atom. The first-order chi connectivity index (χ1) is 5.93. The summed E-state index contributed by atoms with van der Waals surface area (Å²) in [6.45, 7) is 0.844. The highest BCUT2D eigenvalue weighted by molar-refractivity contribution is 5.80. The minimum atomic E-state index is 0.156. The van der Waals surface area contributed by atoms with Crippen LogP contribution in [0.5, 0.6) is 0 Å². The molecule has 3 heterocycles. The topological polar surface area (TPSA) is 87.8 Å². The Kier molecular flexibility index (Phi) is 1.25. The number of nitrogens with one attached hydrogen (secondary N) is 6. The van der Waals surface area contributed by atoms with E-state index < -0.39 is 0 Å². The number of nitrogens with zero attached hydrogens (tertiary/aromatic N) is 2. The normalized spacial score (nSPS) is 38.7. The van der Waals surface area contributed by atoms with Crippen LogP contribution in [-0.2, 0) is 0 Å². The van der Waals surface area contributed by atoms with Gasteiger partial charge in [0.1, 0.15) is 6.17 Å². The van der Waals surface area contributed by atoms with E-state index in [1.807, 2.05) is 0 Å². The number of aliphatic imine (C=N–C) groups is 1. The predicted molar refractivity (Wildman–Crippen MR) is 40.5 cm³/mol. The third kappa shape index (κ3) is 0.806. The number of hydrogen-bond donors (Lipinski definition) is 6. The molecule has 0 amide bonds. The lowest BCUT2D eigenvalue weighted by Gasteiger charge is -2.28. The van der Waals surface area contributed by atoms with Crippen molar-refractivity contribution < 1.29 is 0 Å². The van der Waals surface area contributed by atoms with Crippen LogP contribution in [0, 0.1) is 0 Å². The Labute approximate surface area is 68.6 Å². The lowest BCUT2D eigenvalue weighted by Crippen LogP contribution is -2.61. The van der Waals surface area contributed by atoms with Crippen LogP contribution < -0.4 is 32.8 Å². The molecule has 12 heavy (non-hydrogen) atoms. The number of rotatable bonds is 0. The number of hydrazine groups is 5. The Bertz CT molecular complexity index is 225. The molecule has 0 aromatic heterocycles. The number of hydrogen-bond acceptors (Lipinski definition) is 8. The molecule has 0 spiro atoms. The fraction of sp³-hybridized carbons (Fsp3) is 0.750. The van der Waals surface area contributed by atoms with Gasteiger partial charge < -0.3 is 0 Å². The van der Waals surface area contributed by atoms with Gasteiger partial charge in [0, 0.05) is 6.54 Å². The van der Waals surface area contributed by atoms with Gasteiger partial charge in [-0.1, -0.05) is 0 Å². The van der Waals surface area contributed by atoms with Gasteiger partial charge in [0.05, 0.1) is 6.04 Å². The molecule has 2 fully saturated rings. The molecule has 66 valence electrons. The molecule has 0 bridgehead atoms. The molecule has 3 rings (SSSR count). The first kappa shape index (κ1) is 6.57. The van der Waals surface area contributed by atoms with Gasteiger partial charge in [-0.3, -0.25) is 10.9 Å². The van der Waals surface area contributed by atoms with Crippen LogP contribution in [0.1, 0.15) is 0 Å². The Morgan fingerprint density at radius 3 is 3.50 bits per heavy atom. The van der Waals surface area contributed by atoms with Crippen molar-refractivity contribution in [2.45, 2.75) is 12.2 Å². The van der Waals surface area contributed by atoms with Crippen molar-refractivity contribution in [3.63, 3.8) is 0 Å². The van der Waals surface area contributed by atoms with Crippen molar-refractivity contribution >= 4 is 5.96 Å². The SMILES string of the molecule is C1NNC2NN3NNNC3=NC12. The molecule has 0 aliphatic carbocycles. The average Bonchev–Trinajstić information content (AvgIpc) is 2.64. The maximum Gasteiger partial charge on any atom is 0.241 e. The molecule has 0 aromatic carbocycles. The van der Waals surface area contributed by atoms with E-state index >= 15 is 0 Å². The first-order valence-corrected chi connectivity index (χ1v) is 3.83. The zero-order valence-corrected chi connectivity index (χ0v) is 6.26. The lowest BCUT2D eigenvalue weighted by atomic mass is 10.2. The van der Waals surface area contributed by atoms with Gasteiger partial charge in [0.25, 0.3) is 0 Å². The standard InChI is InChI=1S/C4H10N8/c1-2-3(7-5-1)9-12-4(6-2)8-10-11-12/h2-3,5,7,9-11H,1H2,(H,6,8). The van der Waals surface area contributed by atoms with Crippen LogP contribution in [0.25, 0.3) is 0 Å². The molecule has 0 saturated carbocycles. The van der Waals surface area contributed by atoms with Gasteiger partial charge in [-0.05, 0) is 0 Å². The second-order valence-electron chi connectivity index (χ2n) is 2.85. The van der Waals surface area contributed by atoms with Crippen LogP contribution in [0.2, 0.25) is 0 Å². The summed E-state index contributed by atoms with van der Waals surface area (Å²) in [6, 6.07) is 0.241. The summed E-state index contributed by atoms with van der Waals surface area (Å²) >= 11 is 0. The third-order valence-corrected chi connectivity index (χ3v) is 2.06. The van der Waals surface area contributed by atoms with Gasteiger partial charge >= 0.3 is 0 Å². The highest BCUT2D eigenvalue weighted by Crippen LogP contribution is 2.07. The highest BCUT2D eigenvalue weighted by atomic mass is 16.0. The smallest absolute Gasteiger partial charge is 0.241 e. The Hall–Kier alpha value is -0.930. The molecule has 0 radical (unpaired) electrons. The molecule has 6 N–H and O–H groups in total. The van der Waals surface area contributed by atoms with Crippen LogP contribution in [0.3, 0.4) is 0 Å². The zero-order valence-electron chi connectivity index (χ0n) is 6.26. The second kappa shape index (κ2) is 2.28. The fourth-order valence-electron chi connectivity index (χ4n) is 1.45. The van der Waals surface area contributed by atoms with Gasteiger partial charge in [0.15, 0.2) is 0 Å². The molecular weight excluding hydrogens is 160 g/mol. The van der Waals surface area contributed by atoms with E-state index in [9.17, 15) is 0 Å². The van der Waals surface area contributed by atoms with Gasteiger partial charge in [-0.2, -0.15) is 10.5 Å². The molecule has 3 aliphatic rings. The predicted octanol–water partition coefficient (Wildman–Crippen LogP) is -3.51. The van der Waals surface area contributed by atoms with Crippen LogP contribution in [0.15, 0.2) is 4.99 Å². The van der Waals surface area contributed by atoms with E-state index in [0.29, 0.717) is 0 Å². The second-order valence-corrected chi connectivity index (χ2v) is 2.85. The first-order valence-electron chi connectivity index (χ1n) is 3.83. The summed E-state index contributed by atoms with van der Waals surface area (Å²) < 4.78 is 0. The van der Waals surface area contributed by atoms with Gasteiger partial charge in [0.2, 0.25) is 5.96 Å². The van der Waals surface area contributed by atoms with Crippen LogP contribution in [0.4, 0.5) is 0 Å². The summed E-state index contributed by atoms with van der Waals surface area (Å²) in [6.07, 6.45) is 0.156. The van der Waals surface area contributed by atoms with E-state index in [0.717, 1.165) is 12.5 Å². The number of fused-ring (bicyclic) bond motifs is 2. The Balaban J connectivity index is 1.88. The minimum Gasteiger partial charge on any atom is -0.274 e. The van der Waals surface area contributed by atoms with E-state index in [1.165, 1.54) is 0 Å². The van der Waals surface area contributed by atoms with E-state index in [1.54, 1.807) is 5.12 Å². The van der Waals surface area contributed by atoms with Crippen molar-refractivity contribution in [1.29, 1.82) is 0 Å². The van der Waals surface area contributed by atoms with E-state index in [4.69, 9.17) is 0 Å². The minimum absolute atomic E-state index is 0.156. The monoisotopic (exact) mass is 170 g/mol. The lowest BCUT2D eigenvalue weighted by molar-refractivity contribution is 0.158. The van der Waals surface area contributed by atoms with Crippen molar-refractivity contribution in [3.8, 4) is 0 Å². The summed E-state index contributed by atoms with van der Waals surface area (Å²) in [4.78, 5) is 4.42. The number of guanidine groups is 1.